The molecule has 3 aliphatic carbocycles. The topological polar surface area (TPSA) is 43.1 Å². The molecule has 0 aromatic heterocycles. The summed E-state index contributed by atoms with van der Waals surface area (Å²) in [4.78, 5) is 11.0. The van der Waals surface area contributed by atoms with E-state index in [1.54, 1.807) is 0 Å². The van der Waals surface area contributed by atoms with Crippen molar-refractivity contribution in [1.29, 1.82) is 0 Å². The van der Waals surface area contributed by atoms with Gasteiger partial charge in [0, 0.05) is 9.52 Å². The van der Waals surface area contributed by atoms with Crippen LogP contribution in [0.25, 0.3) is 11.1 Å². The van der Waals surface area contributed by atoms with E-state index in [2.05, 4.69) is 62.0 Å². The van der Waals surface area contributed by atoms with E-state index in [1.807, 2.05) is 6.07 Å². The van der Waals surface area contributed by atoms with Gasteiger partial charge in [0.1, 0.15) is 0 Å². The SMILES string of the molecule is C[SiH]C.NC(=O)C12[CH-]CC(CC1)C2.[Cl][Ti][Cl].[c-]1cccc2c1Cc1ccccc1-2. The molecule has 2 unspecified atom stereocenters. The third-order valence-electron chi connectivity index (χ3n) is 5.60. The first-order chi connectivity index (χ1) is 14.0. The molecular weight excluding hydrogens is 453 g/mol. The summed E-state index contributed by atoms with van der Waals surface area (Å²) in [5.41, 5.74) is 10.6. The number of nitrogens with two attached hydrogens (primary N) is 1. The molecule has 29 heavy (non-hydrogen) atoms. The van der Waals surface area contributed by atoms with Crippen LogP contribution < -0.4 is 5.73 Å². The first-order valence-electron chi connectivity index (χ1n) is 9.93. The summed E-state index contributed by atoms with van der Waals surface area (Å²) in [6, 6.07) is 18.1. The van der Waals surface area contributed by atoms with Gasteiger partial charge in [-0.2, -0.15) is 36.2 Å². The molecule has 0 aliphatic heterocycles. The van der Waals surface area contributed by atoms with E-state index >= 15 is 0 Å². The molecule has 2 atom stereocenters. The normalized spacial score (nSPS) is 21.9. The van der Waals surface area contributed by atoms with Crippen molar-refractivity contribution >= 4 is 34.0 Å². The van der Waals surface area contributed by atoms with Crippen LogP contribution in [0.4, 0.5) is 0 Å². The number of rotatable bonds is 1. The van der Waals surface area contributed by atoms with Crippen molar-refractivity contribution in [3.63, 3.8) is 0 Å². The van der Waals surface area contributed by atoms with Gasteiger partial charge in [0.15, 0.2) is 5.91 Å². The fraction of sp³-hybridized carbons (Fsp3) is 0.391. The van der Waals surface area contributed by atoms with Crippen LogP contribution in [0.3, 0.4) is 0 Å². The summed E-state index contributed by atoms with van der Waals surface area (Å²) in [6.07, 6.45) is 7.54. The van der Waals surface area contributed by atoms with Crippen LogP contribution in [0.1, 0.15) is 36.8 Å². The molecule has 1 amide bonds. The molecule has 2 bridgehead atoms. The maximum Gasteiger partial charge on any atom is -0.0253 e. The van der Waals surface area contributed by atoms with E-state index in [0.29, 0.717) is 0 Å². The Kier molecular flexibility index (Phi) is 10.5. The van der Waals surface area contributed by atoms with Crippen LogP contribution in [-0.2, 0) is 28.2 Å². The van der Waals surface area contributed by atoms with Gasteiger partial charge in [0.2, 0.25) is 0 Å². The van der Waals surface area contributed by atoms with Crippen molar-refractivity contribution in [3.8, 4) is 11.1 Å². The maximum absolute atomic E-state index is 11.0. The second-order valence-electron chi connectivity index (χ2n) is 7.61. The van der Waals surface area contributed by atoms with Gasteiger partial charge in [-0.3, -0.25) is 4.79 Å². The molecule has 0 heterocycles. The van der Waals surface area contributed by atoms with Crippen LogP contribution in [0.5, 0.6) is 0 Å². The third-order valence-corrected chi connectivity index (χ3v) is 5.60. The fourth-order valence-electron chi connectivity index (χ4n) is 4.28. The van der Waals surface area contributed by atoms with Crippen LogP contribution in [0, 0.1) is 23.8 Å². The molecule has 2 nitrogen and oxygen atoms in total. The van der Waals surface area contributed by atoms with Gasteiger partial charge in [0.25, 0.3) is 0 Å². The molecule has 1 radical (unpaired) electrons. The number of benzene rings is 2. The van der Waals surface area contributed by atoms with Crippen LogP contribution >= 0.6 is 18.6 Å². The zero-order valence-corrected chi connectivity index (χ0v) is 21.3. The molecule has 0 spiro atoms. The van der Waals surface area contributed by atoms with Crippen LogP contribution in [0.15, 0.2) is 42.5 Å². The number of hydrogen-bond acceptors (Lipinski definition) is 1. The summed E-state index contributed by atoms with van der Waals surface area (Å²) in [6.45, 7) is 4.42. The van der Waals surface area contributed by atoms with Gasteiger partial charge >= 0.3 is 35.6 Å². The van der Waals surface area contributed by atoms with Gasteiger partial charge in [-0.05, 0) is 6.42 Å². The monoisotopic (exact) mass is 480 g/mol. The fourth-order valence-corrected chi connectivity index (χ4v) is 4.28. The average Bonchev–Trinajstić information content (AvgIpc) is 3.43. The van der Waals surface area contributed by atoms with Crippen molar-refractivity contribution in [2.45, 2.75) is 45.2 Å². The molecule has 155 valence electrons. The van der Waals surface area contributed by atoms with Crippen LogP contribution in [0.2, 0.25) is 13.1 Å². The minimum atomic E-state index is -0.556. The summed E-state index contributed by atoms with van der Waals surface area (Å²) in [5, 5.41) is 0. The van der Waals surface area contributed by atoms with Gasteiger partial charge in [-0.15, -0.1) is 5.56 Å². The Hall–Kier alpha value is -0.579. The first kappa shape index (κ1) is 24.7. The number of hydrogen-bond donors (Lipinski definition) is 1. The van der Waals surface area contributed by atoms with Gasteiger partial charge < -0.3 is 12.2 Å². The smallest absolute Gasteiger partial charge is 0.0253 e. The first-order valence-corrected chi connectivity index (χ1v) is 16.5. The standard InChI is InChI=1S/C13H9.C8H12NO.C2H7Si.2ClH.Ti/c1-3-7-12-10(5-1)9-11-6-2-4-8-13(11)12;9-7(10)8-3-1-6(5-8)2-4-8;1-3-2;;;/h1-5,7-8H,9H2;3,6H,1-2,4-5H2,(H2,9,10);3H,1-2H3;2*1H;/q2*-1;;;;+2/p-2. The Morgan fingerprint density at radius 3 is 2.41 bits per heavy atom. The van der Waals surface area contributed by atoms with Gasteiger partial charge in [0.05, 0.1) is 0 Å². The van der Waals surface area contributed by atoms with Crippen LogP contribution in [-0.4, -0.2) is 15.4 Å². The number of primary amides is 1. The summed E-state index contributed by atoms with van der Waals surface area (Å²) >= 11 is -0.556. The Bertz CT molecular complexity index is 748. The quantitative estimate of drug-likeness (QED) is 0.346. The molecule has 0 saturated heterocycles. The van der Waals surface area contributed by atoms with E-state index in [-0.39, 0.29) is 11.3 Å². The molecule has 5 rings (SSSR count). The third kappa shape index (κ3) is 6.45. The molecule has 2 saturated carbocycles. The van der Waals surface area contributed by atoms with Crippen molar-refractivity contribution < 1.29 is 21.8 Å². The molecule has 2 N–H and O–H groups in total. The molecule has 6 heteroatoms. The maximum atomic E-state index is 11.0. The Morgan fingerprint density at radius 2 is 1.90 bits per heavy atom. The zero-order valence-electron chi connectivity index (χ0n) is 17.1. The number of amides is 1. The van der Waals surface area contributed by atoms with Gasteiger partial charge in [-0.25, -0.2) is 0 Å². The average molecular weight is 481 g/mol. The van der Waals surface area contributed by atoms with E-state index in [1.165, 1.54) is 28.7 Å². The Morgan fingerprint density at radius 1 is 1.24 bits per heavy atom. The second kappa shape index (κ2) is 12.3. The zero-order chi connectivity index (χ0) is 21.3. The minimum Gasteiger partial charge on any atom is -0.179 e. The Labute approximate surface area is 194 Å². The van der Waals surface area contributed by atoms with Crippen molar-refractivity contribution in [1.82, 2.24) is 0 Å². The van der Waals surface area contributed by atoms with E-state index < -0.39 is 17.0 Å². The number of fused-ring (bicyclic) bond motifs is 5. The number of carbonyl (C=O) groups is 1. The van der Waals surface area contributed by atoms with Crippen molar-refractivity contribution in [3.05, 3.63) is 66.1 Å². The summed E-state index contributed by atoms with van der Waals surface area (Å²) in [7, 11) is 10.5. The molecule has 2 aromatic carbocycles. The summed E-state index contributed by atoms with van der Waals surface area (Å²) < 4.78 is 0. The van der Waals surface area contributed by atoms with Crippen molar-refractivity contribution in [2.24, 2.45) is 17.1 Å². The molecule has 2 fully saturated rings. The predicted molar refractivity (Wildman–Crippen MR) is 122 cm³/mol. The number of halogens is 2. The second-order valence-corrected chi connectivity index (χ2v) is 11.3. The van der Waals surface area contributed by atoms with E-state index in [4.69, 9.17) is 24.3 Å². The molecular formula is C23H28Cl2NOSiTi-2. The van der Waals surface area contributed by atoms with E-state index in [9.17, 15) is 4.79 Å². The Balaban J connectivity index is 0.000000167. The summed E-state index contributed by atoms with van der Waals surface area (Å²) in [5.74, 6) is 0.667. The predicted octanol–water partition coefficient (Wildman–Crippen LogP) is 5.82. The molecule has 3 aliphatic rings. The minimum absolute atomic E-state index is 0.104. The van der Waals surface area contributed by atoms with Crippen molar-refractivity contribution in [2.75, 3.05) is 0 Å². The number of carbonyl (C=O) groups excluding carboxylic acids is 1. The largest absolute Gasteiger partial charge is 0.179 e. The van der Waals surface area contributed by atoms with E-state index in [0.717, 1.165) is 41.1 Å². The van der Waals surface area contributed by atoms with Gasteiger partial charge in [-0.1, -0.05) is 79.1 Å². The molecule has 2 aromatic rings.